The van der Waals surface area contributed by atoms with Gasteiger partial charge in [0.25, 0.3) is 0 Å². The minimum absolute atomic E-state index is 0.130. The molecular formula is C18H19F6NO5. The molecule has 2 saturated carbocycles. The van der Waals surface area contributed by atoms with Gasteiger partial charge in [0.05, 0.1) is 18.1 Å². The standard InChI is InChI=1S/C18H19F6NO5/c1-3-15(2,7-28-12(17(19,20)21)18(22,23)24)13(26)29-10-8-4-9-11(10)30-14(27)16(9,5-8)6-25/h8-12H,3-5,7H2,1-2H3. The first kappa shape index (κ1) is 22.7. The van der Waals surface area contributed by atoms with E-state index >= 15 is 0 Å². The fourth-order valence-electron chi connectivity index (χ4n) is 4.50. The summed E-state index contributed by atoms with van der Waals surface area (Å²) < 4.78 is 90.9. The van der Waals surface area contributed by atoms with E-state index < -0.39 is 66.0 Å². The van der Waals surface area contributed by atoms with Crippen LogP contribution in [0.3, 0.4) is 0 Å². The van der Waals surface area contributed by atoms with Gasteiger partial charge in [-0.15, -0.1) is 0 Å². The van der Waals surface area contributed by atoms with Crippen LogP contribution in [-0.4, -0.2) is 49.2 Å². The van der Waals surface area contributed by atoms with Gasteiger partial charge in [-0.3, -0.25) is 9.59 Å². The van der Waals surface area contributed by atoms with Crippen molar-refractivity contribution < 1.29 is 50.1 Å². The summed E-state index contributed by atoms with van der Waals surface area (Å²) in [6.07, 6.45) is -16.8. The number of hydrogen-bond donors (Lipinski definition) is 0. The summed E-state index contributed by atoms with van der Waals surface area (Å²) in [6, 6.07) is 1.98. The first-order valence-electron chi connectivity index (χ1n) is 9.28. The van der Waals surface area contributed by atoms with Gasteiger partial charge in [0.1, 0.15) is 12.2 Å². The number of ether oxygens (including phenoxy) is 3. The lowest BCUT2D eigenvalue weighted by Crippen LogP contribution is -2.48. The number of hydrogen-bond acceptors (Lipinski definition) is 6. The normalized spacial score (nSPS) is 34.6. The quantitative estimate of drug-likeness (QED) is 0.463. The Hall–Kier alpha value is -2.03. The molecule has 12 heteroatoms. The lowest BCUT2D eigenvalue weighted by atomic mass is 9.74. The predicted molar refractivity (Wildman–Crippen MR) is 84.3 cm³/mol. The minimum atomic E-state index is -5.69. The van der Waals surface area contributed by atoms with Gasteiger partial charge >= 0.3 is 24.3 Å². The maximum Gasteiger partial charge on any atom is 0.423 e. The van der Waals surface area contributed by atoms with Crippen LogP contribution in [0.5, 0.6) is 0 Å². The van der Waals surface area contributed by atoms with Crippen LogP contribution in [-0.2, 0) is 23.8 Å². The molecule has 3 fully saturated rings. The molecule has 0 aromatic rings. The number of halogens is 6. The Morgan fingerprint density at radius 2 is 1.90 bits per heavy atom. The topological polar surface area (TPSA) is 85.6 Å². The summed E-state index contributed by atoms with van der Waals surface area (Å²) in [5.74, 6) is -2.55. The van der Waals surface area contributed by atoms with Crippen LogP contribution >= 0.6 is 0 Å². The van der Waals surface area contributed by atoms with Crippen LogP contribution in [0.4, 0.5) is 26.3 Å². The van der Waals surface area contributed by atoms with Crippen LogP contribution in [0.15, 0.2) is 0 Å². The molecule has 0 radical (unpaired) electrons. The maximum atomic E-state index is 12.7. The fraction of sp³-hybridized carbons (Fsp3) is 0.833. The van der Waals surface area contributed by atoms with Crippen molar-refractivity contribution in [1.29, 1.82) is 5.26 Å². The van der Waals surface area contributed by atoms with Crippen LogP contribution in [0.1, 0.15) is 33.1 Å². The van der Waals surface area contributed by atoms with E-state index in [1.165, 1.54) is 6.92 Å². The number of nitrogens with zero attached hydrogens (tertiary/aromatic N) is 1. The zero-order valence-corrected chi connectivity index (χ0v) is 16.0. The van der Waals surface area contributed by atoms with E-state index in [0.717, 1.165) is 6.92 Å². The van der Waals surface area contributed by atoms with E-state index in [2.05, 4.69) is 4.74 Å². The Kier molecular flexibility index (Phi) is 5.29. The Labute approximate surface area is 167 Å². The number of alkyl halides is 6. The van der Waals surface area contributed by atoms with E-state index in [0.29, 0.717) is 6.42 Å². The molecule has 0 N–H and O–H groups in total. The summed E-state index contributed by atoms with van der Waals surface area (Å²) in [5, 5.41) is 9.37. The van der Waals surface area contributed by atoms with Crippen molar-refractivity contribution in [2.24, 2.45) is 22.7 Å². The molecule has 1 heterocycles. The van der Waals surface area contributed by atoms with Gasteiger partial charge in [-0.1, -0.05) is 6.92 Å². The van der Waals surface area contributed by atoms with E-state index in [9.17, 15) is 41.2 Å². The monoisotopic (exact) mass is 443 g/mol. The molecule has 0 aromatic heterocycles. The van der Waals surface area contributed by atoms with Crippen LogP contribution in [0, 0.1) is 34.0 Å². The van der Waals surface area contributed by atoms with Gasteiger partial charge < -0.3 is 14.2 Å². The Bertz CT molecular complexity index is 762. The van der Waals surface area contributed by atoms with Crippen molar-refractivity contribution in [3.05, 3.63) is 0 Å². The lowest BCUT2D eigenvalue weighted by Gasteiger charge is -2.33. The van der Waals surface area contributed by atoms with Crippen molar-refractivity contribution >= 4 is 11.9 Å². The average Bonchev–Trinajstić information content (AvgIpc) is 3.21. The third kappa shape index (κ3) is 3.40. The summed E-state index contributed by atoms with van der Waals surface area (Å²) in [6.45, 7) is 1.38. The molecule has 168 valence electrons. The highest BCUT2D eigenvalue weighted by atomic mass is 19.4. The van der Waals surface area contributed by atoms with Crippen molar-refractivity contribution in [3.63, 3.8) is 0 Å². The summed E-state index contributed by atoms with van der Waals surface area (Å²) in [5.41, 5.74) is -3.06. The molecule has 1 saturated heterocycles. The van der Waals surface area contributed by atoms with Gasteiger partial charge in [0.15, 0.2) is 5.41 Å². The number of carbonyl (C=O) groups is 2. The molecule has 6 atom stereocenters. The third-order valence-corrected chi connectivity index (χ3v) is 6.45. The smallest absolute Gasteiger partial charge is 0.423 e. The van der Waals surface area contributed by atoms with Gasteiger partial charge in [0.2, 0.25) is 6.10 Å². The van der Waals surface area contributed by atoms with E-state index in [1.807, 2.05) is 6.07 Å². The molecule has 2 aliphatic carbocycles. The number of esters is 2. The highest BCUT2D eigenvalue weighted by Crippen LogP contribution is 2.62. The summed E-state index contributed by atoms with van der Waals surface area (Å²) in [7, 11) is 0. The fourth-order valence-corrected chi connectivity index (χ4v) is 4.50. The van der Waals surface area contributed by atoms with Crippen molar-refractivity contribution in [3.8, 4) is 6.07 Å². The van der Waals surface area contributed by atoms with E-state index in [4.69, 9.17) is 9.47 Å². The summed E-state index contributed by atoms with van der Waals surface area (Å²) >= 11 is 0. The second kappa shape index (κ2) is 7.00. The van der Waals surface area contributed by atoms with Gasteiger partial charge in [-0.2, -0.15) is 31.6 Å². The first-order chi connectivity index (χ1) is 13.7. The zero-order chi connectivity index (χ0) is 22.7. The maximum absolute atomic E-state index is 12.7. The molecule has 3 aliphatic rings. The molecule has 2 bridgehead atoms. The van der Waals surface area contributed by atoms with E-state index in [-0.39, 0.29) is 18.8 Å². The average molecular weight is 443 g/mol. The van der Waals surface area contributed by atoms with E-state index in [1.54, 1.807) is 0 Å². The van der Waals surface area contributed by atoms with Crippen LogP contribution in [0.2, 0.25) is 0 Å². The lowest BCUT2D eigenvalue weighted by molar-refractivity contribution is -0.325. The number of nitriles is 1. The Morgan fingerprint density at radius 3 is 2.40 bits per heavy atom. The highest BCUT2D eigenvalue weighted by molar-refractivity contribution is 5.84. The largest absolute Gasteiger partial charge is 0.458 e. The van der Waals surface area contributed by atoms with Crippen molar-refractivity contribution in [1.82, 2.24) is 0 Å². The second-order valence-electron chi connectivity index (χ2n) is 8.32. The van der Waals surface area contributed by atoms with Gasteiger partial charge in [0, 0.05) is 11.8 Å². The summed E-state index contributed by atoms with van der Waals surface area (Å²) in [4.78, 5) is 24.8. The first-order valence-corrected chi connectivity index (χ1v) is 9.28. The molecule has 1 aliphatic heterocycles. The molecule has 0 amide bonds. The van der Waals surface area contributed by atoms with Crippen LogP contribution < -0.4 is 0 Å². The molecule has 6 nitrogen and oxygen atoms in total. The molecular weight excluding hydrogens is 424 g/mol. The third-order valence-electron chi connectivity index (χ3n) is 6.45. The Morgan fingerprint density at radius 1 is 1.30 bits per heavy atom. The molecule has 0 spiro atoms. The molecule has 30 heavy (non-hydrogen) atoms. The predicted octanol–water partition coefficient (Wildman–Crippen LogP) is 3.30. The minimum Gasteiger partial charge on any atom is -0.458 e. The van der Waals surface area contributed by atoms with Crippen LogP contribution in [0.25, 0.3) is 0 Å². The van der Waals surface area contributed by atoms with Crippen molar-refractivity contribution in [2.75, 3.05) is 6.61 Å². The number of carbonyl (C=O) groups excluding carboxylic acids is 2. The number of rotatable bonds is 6. The molecule has 6 unspecified atom stereocenters. The second-order valence-corrected chi connectivity index (χ2v) is 8.32. The SMILES string of the molecule is CCC(C)(COC(C(F)(F)F)C(F)(F)F)C(=O)OC1C2CC3C1OC(=O)C3(C#N)C2. The Balaban J connectivity index is 1.70. The highest BCUT2D eigenvalue weighted by Gasteiger charge is 2.72. The number of fused-ring (bicyclic) bond motifs is 1. The molecule has 0 aromatic carbocycles. The van der Waals surface area contributed by atoms with Gasteiger partial charge in [-0.05, 0) is 26.2 Å². The van der Waals surface area contributed by atoms with Crippen molar-refractivity contribution in [2.45, 2.75) is 63.8 Å². The van der Waals surface area contributed by atoms with Gasteiger partial charge in [-0.25, -0.2) is 0 Å². The molecule has 3 rings (SSSR count). The zero-order valence-electron chi connectivity index (χ0n) is 16.0.